The van der Waals surface area contributed by atoms with Crippen LogP contribution in [0.2, 0.25) is 0 Å². The molecule has 1 aromatic carbocycles. The van der Waals surface area contributed by atoms with Crippen molar-refractivity contribution >= 4 is 5.91 Å². The molecule has 7 heteroatoms. The molecule has 3 atom stereocenters. The van der Waals surface area contributed by atoms with Crippen LogP contribution in [-0.4, -0.2) is 45.2 Å². The molecule has 3 rings (SSSR count). The predicted octanol–water partition coefficient (Wildman–Crippen LogP) is 1.85. The molecule has 2 aromatic rings. The van der Waals surface area contributed by atoms with Gasteiger partial charge < -0.3 is 5.32 Å². The van der Waals surface area contributed by atoms with Crippen LogP contribution in [-0.2, 0) is 4.79 Å². The van der Waals surface area contributed by atoms with Crippen molar-refractivity contribution in [2.45, 2.75) is 38.4 Å². The number of amides is 1. The van der Waals surface area contributed by atoms with Gasteiger partial charge in [0.25, 0.3) is 0 Å². The van der Waals surface area contributed by atoms with Gasteiger partial charge in [-0.15, -0.1) is 0 Å². The molecule has 6 nitrogen and oxygen atoms in total. The normalized spacial score (nSPS) is 22.5. The summed E-state index contributed by atoms with van der Waals surface area (Å²) in [5, 5.41) is 7.10. The topological polar surface area (TPSA) is 63.1 Å². The van der Waals surface area contributed by atoms with E-state index >= 15 is 0 Å². The highest BCUT2D eigenvalue weighted by Gasteiger charge is 2.35. The first-order valence-electron chi connectivity index (χ1n) is 8.08. The summed E-state index contributed by atoms with van der Waals surface area (Å²) in [5.74, 6) is -0.327. The summed E-state index contributed by atoms with van der Waals surface area (Å²) in [6.45, 7) is 4.38. The summed E-state index contributed by atoms with van der Waals surface area (Å²) < 4.78 is 15.5. The third-order valence-corrected chi connectivity index (χ3v) is 4.73. The molecule has 0 saturated carbocycles. The number of hydrogen-bond acceptors (Lipinski definition) is 4. The molecular formula is C17H22FN5O. The first kappa shape index (κ1) is 16.6. The number of rotatable bonds is 4. The Hall–Kier alpha value is -2.28. The molecule has 128 valence electrons. The Bertz CT molecular complexity index is 718. The molecular weight excluding hydrogens is 309 g/mol. The van der Waals surface area contributed by atoms with Crippen LogP contribution in [0.15, 0.2) is 30.9 Å². The van der Waals surface area contributed by atoms with Crippen molar-refractivity contribution in [2.24, 2.45) is 0 Å². The second kappa shape index (κ2) is 6.68. The first-order chi connectivity index (χ1) is 11.5. The minimum Gasteiger partial charge on any atom is -0.350 e. The van der Waals surface area contributed by atoms with Gasteiger partial charge in [0.05, 0.1) is 6.04 Å². The molecule has 1 fully saturated rings. The highest BCUT2D eigenvalue weighted by molar-refractivity contribution is 5.80. The Labute approximate surface area is 140 Å². The van der Waals surface area contributed by atoms with Crippen molar-refractivity contribution in [1.82, 2.24) is 25.0 Å². The second-order valence-electron chi connectivity index (χ2n) is 6.39. The monoisotopic (exact) mass is 331 g/mol. The lowest BCUT2D eigenvalue weighted by molar-refractivity contribution is -0.125. The van der Waals surface area contributed by atoms with Crippen LogP contribution in [0.4, 0.5) is 4.39 Å². The van der Waals surface area contributed by atoms with Gasteiger partial charge in [0.15, 0.2) is 0 Å². The number of nitrogens with one attached hydrogen (secondary N) is 1. The largest absolute Gasteiger partial charge is 0.350 e. The molecule has 0 aliphatic carbocycles. The van der Waals surface area contributed by atoms with Crippen molar-refractivity contribution in [3.05, 3.63) is 47.8 Å². The predicted molar refractivity (Wildman–Crippen MR) is 87.8 cm³/mol. The highest BCUT2D eigenvalue weighted by Crippen LogP contribution is 2.32. The van der Waals surface area contributed by atoms with Gasteiger partial charge in [-0.1, -0.05) is 12.1 Å². The molecule has 2 heterocycles. The fraction of sp³-hybridized carbons (Fsp3) is 0.471. The lowest BCUT2D eigenvalue weighted by atomic mass is 9.98. The van der Waals surface area contributed by atoms with Crippen molar-refractivity contribution in [3.8, 4) is 0 Å². The van der Waals surface area contributed by atoms with E-state index in [0.717, 1.165) is 18.5 Å². The summed E-state index contributed by atoms with van der Waals surface area (Å²) >= 11 is 0. The van der Waals surface area contributed by atoms with E-state index in [1.165, 1.54) is 17.3 Å². The van der Waals surface area contributed by atoms with Crippen LogP contribution < -0.4 is 5.32 Å². The van der Waals surface area contributed by atoms with Gasteiger partial charge in [0.2, 0.25) is 5.91 Å². The smallest absolute Gasteiger partial charge is 0.244 e. The molecule has 0 spiro atoms. The lowest BCUT2D eigenvalue weighted by Crippen LogP contribution is -2.42. The molecule has 1 aliphatic heterocycles. The van der Waals surface area contributed by atoms with Gasteiger partial charge in [0, 0.05) is 12.6 Å². The van der Waals surface area contributed by atoms with Gasteiger partial charge in [-0.2, -0.15) is 5.10 Å². The van der Waals surface area contributed by atoms with E-state index < -0.39 is 6.04 Å². The van der Waals surface area contributed by atoms with Crippen LogP contribution in [0.3, 0.4) is 0 Å². The van der Waals surface area contributed by atoms with E-state index in [1.54, 1.807) is 26.0 Å². The van der Waals surface area contributed by atoms with Gasteiger partial charge in [0.1, 0.15) is 24.5 Å². The van der Waals surface area contributed by atoms with Gasteiger partial charge in [-0.25, -0.2) is 14.1 Å². The number of nitrogens with zero attached hydrogens (tertiary/aromatic N) is 4. The van der Waals surface area contributed by atoms with Crippen molar-refractivity contribution < 1.29 is 9.18 Å². The third-order valence-electron chi connectivity index (χ3n) is 4.73. The number of aryl methyl sites for hydroxylation is 1. The summed E-state index contributed by atoms with van der Waals surface area (Å²) in [4.78, 5) is 18.5. The Morgan fingerprint density at radius 1 is 1.46 bits per heavy atom. The Morgan fingerprint density at radius 3 is 2.92 bits per heavy atom. The molecule has 1 aliphatic rings. The number of carbonyl (C=O) groups is 1. The molecule has 1 N–H and O–H groups in total. The summed E-state index contributed by atoms with van der Waals surface area (Å²) in [5.41, 5.74) is 1.51. The fourth-order valence-electron chi connectivity index (χ4n) is 3.22. The Kier molecular flexibility index (Phi) is 4.62. The van der Waals surface area contributed by atoms with E-state index in [9.17, 15) is 9.18 Å². The Morgan fingerprint density at radius 2 is 2.25 bits per heavy atom. The zero-order chi connectivity index (χ0) is 17.3. The number of aromatic nitrogens is 3. The van der Waals surface area contributed by atoms with E-state index in [0.29, 0.717) is 5.56 Å². The van der Waals surface area contributed by atoms with Gasteiger partial charge >= 0.3 is 0 Å². The number of likely N-dealkylation sites (N-methyl/N-ethyl adjacent to an activating group) is 1. The quantitative estimate of drug-likeness (QED) is 0.929. The van der Waals surface area contributed by atoms with Crippen molar-refractivity contribution in [1.29, 1.82) is 0 Å². The molecule has 1 aromatic heterocycles. The van der Waals surface area contributed by atoms with Crippen LogP contribution in [0.5, 0.6) is 0 Å². The fourth-order valence-corrected chi connectivity index (χ4v) is 3.22. The summed E-state index contributed by atoms with van der Waals surface area (Å²) in [6.07, 6.45) is 3.76. The molecule has 0 radical (unpaired) electrons. The Balaban J connectivity index is 1.76. The maximum Gasteiger partial charge on any atom is 0.244 e. The number of likely N-dealkylation sites (tertiary alicyclic amines) is 1. The molecule has 1 amide bonds. The number of halogens is 1. The number of carbonyl (C=O) groups excluding carboxylic acids is 1. The van der Waals surface area contributed by atoms with E-state index in [-0.39, 0.29) is 23.8 Å². The first-order valence-corrected chi connectivity index (χ1v) is 8.08. The van der Waals surface area contributed by atoms with Crippen LogP contribution in [0.25, 0.3) is 0 Å². The lowest BCUT2D eigenvalue weighted by Gasteiger charge is -2.27. The zero-order valence-electron chi connectivity index (χ0n) is 14.1. The number of benzene rings is 1. The maximum absolute atomic E-state index is 13.9. The SMILES string of the molecule is Cc1ccc(C2C(NC(=O)C(C)n3cncn3)CCN2C)cc1F. The minimum absolute atomic E-state index is 0.0352. The van der Waals surface area contributed by atoms with Crippen molar-refractivity contribution in [2.75, 3.05) is 13.6 Å². The third kappa shape index (κ3) is 3.17. The van der Waals surface area contributed by atoms with Gasteiger partial charge in [-0.3, -0.25) is 9.69 Å². The number of hydrogen-bond donors (Lipinski definition) is 1. The highest BCUT2D eigenvalue weighted by atomic mass is 19.1. The maximum atomic E-state index is 13.9. The molecule has 3 unspecified atom stereocenters. The molecule has 1 saturated heterocycles. The molecule has 0 bridgehead atoms. The van der Waals surface area contributed by atoms with E-state index in [4.69, 9.17) is 0 Å². The standard InChI is InChI=1S/C17H22FN5O/c1-11-4-5-13(8-14(11)18)16-15(6-7-22(16)3)21-17(24)12(2)23-10-19-9-20-23/h4-5,8-10,12,15-16H,6-7H2,1-3H3,(H,21,24). The summed E-state index contributed by atoms with van der Waals surface area (Å²) in [7, 11) is 2.00. The van der Waals surface area contributed by atoms with Crippen LogP contribution >= 0.6 is 0 Å². The second-order valence-corrected chi connectivity index (χ2v) is 6.39. The van der Waals surface area contributed by atoms with Gasteiger partial charge in [-0.05, 0) is 44.5 Å². The summed E-state index contributed by atoms with van der Waals surface area (Å²) in [6, 6.07) is 4.76. The van der Waals surface area contributed by atoms with Crippen molar-refractivity contribution in [3.63, 3.8) is 0 Å². The van der Waals surface area contributed by atoms with Crippen LogP contribution in [0.1, 0.15) is 36.6 Å². The molecule has 24 heavy (non-hydrogen) atoms. The van der Waals surface area contributed by atoms with Crippen LogP contribution in [0, 0.1) is 12.7 Å². The zero-order valence-corrected chi connectivity index (χ0v) is 14.1. The average molecular weight is 331 g/mol. The minimum atomic E-state index is -0.436. The average Bonchev–Trinajstić information content (AvgIpc) is 3.20. The van der Waals surface area contributed by atoms with E-state index in [2.05, 4.69) is 20.3 Å². The van der Waals surface area contributed by atoms with E-state index in [1.807, 2.05) is 13.1 Å².